The second-order valence-corrected chi connectivity index (χ2v) is 10.2. The van der Waals surface area contributed by atoms with Crippen molar-refractivity contribution in [3.63, 3.8) is 0 Å². The topological polar surface area (TPSA) is 124 Å². The van der Waals surface area contributed by atoms with E-state index >= 15 is 0 Å². The lowest BCUT2D eigenvalue weighted by Gasteiger charge is -2.39. The number of esters is 1. The minimum Gasteiger partial charge on any atom is -0.478 e. The van der Waals surface area contributed by atoms with Gasteiger partial charge in [0.05, 0.1) is 24.3 Å². The highest BCUT2D eigenvalue weighted by molar-refractivity contribution is 7.11. The number of amides is 1. The number of hydrogen-bond acceptors (Lipinski definition) is 9. The molecule has 2 atom stereocenters. The number of carboxylic acid groups (broad SMARTS) is 1. The maximum atomic E-state index is 14.3. The SMILES string of the molecule is CCOC(=O)C1=C(CN2CCC(C)C(CN(C=O)c3ccc(C(=O)O)c(F)c3)C2)NC(c2nccs2)=NC1. The fraction of sp³-hybridized carbons (Fsp3) is 0.423. The predicted octanol–water partition coefficient (Wildman–Crippen LogP) is 2.77. The molecule has 2 unspecified atom stereocenters. The van der Waals surface area contributed by atoms with Gasteiger partial charge in [-0.05, 0) is 49.9 Å². The molecule has 2 aromatic rings. The van der Waals surface area contributed by atoms with E-state index in [4.69, 9.17) is 9.84 Å². The largest absolute Gasteiger partial charge is 0.478 e. The van der Waals surface area contributed by atoms with Gasteiger partial charge in [-0.15, -0.1) is 11.3 Å². The van der Waals surface area contributed by atoms with Crippen LogP contribution in [0.5, 0.6) is 0 Å². The van der Waals surface area contributed by atoms with Crippen molar-refractivity contribution in [2.75, 3.05) is 44.2 Å². The second-order valence-electron chi connectivity index (χ2n) is 9.29. The smallest absolute Gasteiger partial charge is 0.338 e. The van der Waals surface area contributed by atoms with Gasteiger partial charge in [-0.2, -0.15) is 0 Å². The fourth-order valence-electron chi connectivity index (χ4n) is 4.66. The van der Waals surface area contributed by atoms with Gasteiger partial charge in [0.1, 0.15) is 5.82 Å². The molecular weight excluding hydrogens is 513 g/mol. The number of halogens is 1. The van der Waals surface area contributed by atoms with Gasteiger partial charge in [0.25, 0.3) is 0 Å². The molecule has 2 aliphatic rings. The number of aromatic carboxylic acids is 1. The highest BCUT2D eigenvalue weighted by Gasteiger charge is 2.31. The summed E-state index contributed by atoms with van der Waals surface area (Å²) < 4.78 is 19.5. The third kappa shape index (κ3) is 6.25. The summed E-state index contributed by atoms with van der Waals surface area (Å²) in [6.45, 7) is 6.58. The van der Waals surface area contributed by atoms with Gasteiger partial charge in [0.2, 0.25) is 6.41 Å². The van der Waals surface area contributed by atoms with E-state index in [1.54, 1.807) is 13.1 Å². The summed E-state index contributed by atoms with van der Waals surface area (Å²) in [5, 5.41) is 15.0. The molecule has 2 N–H and O–H groups in total. The normalized spacial score (nSPS) is 19.9. The maximum absolute atomic E-state index is 14.3. The number of aliphatic imine (C=N–C) groups is 1. The third-order valence-corrected chi connectivity index (χ3v) is 7.62. The van der Waals surface area contributed by atoms with Gasteiger partial charge in [-0.25, -0.2) is 19.0 Å². The van der Waals surface area contributed by atoms with Crippen molar-refractivity contribution in [3.8, 4) is 0 Å². The molecule has 1 fully saturated rings. The number of thiazole rings is 1. The van der Waals surface area contributed by atoms with Gasteiger partial charge in [0, 0.05) is 42.6 Å². The predicted molar refractivity (Wildman–Crippen MR) is 141 cm³/mol. The Kier molecular flexibility index (Phi) is 8.85. The van der Waals surface area contributed by atoms with Crippen LogP contribution in [-0.4, -0.2) is 78.5 Å². The average molecular weight is 544 g/mol. The highest BCUT2D eigenvalue weighted by atomic mass is 32.1. The molecule has 0 saturated carbocycles. The van der Waals surface area contributed by atoms with Crippen molar-refractivity contribution >= 4 is 41.2 Å². The summed E-state index contributed by atoms with van der Waals surface area (Å²) in [5.74, 6) is -1.68. The molecule has 0 spiro atoms. The minimum atomic E-state index is -1.36. The number of carboxylic acids is 1. The van der Waals surface area contributed by atoms with Crippen LogP contribution in [0.2, 0.25) is 0 Å². The van der Waals surface area contributed by atoms with Crippen molar-refractivity contribution in [1.29, 1.82) is 0 Å². The van der Waals surface area contributed by atoms with Crippen LogP contribution in [0.25, 0.3) is 0 Å². The number of likely N-dealkylation sites (tertiary alicyclic amines) is 1. The van der Waals surface area contributed by atoms with E-state index in [2.05, 4.69) is 27.1 Å². The summed E-state index contributed by atoms with van der Waals surface area (Å²) in [4.78, 5) is 48.2. The zero-order valence-electron chi connectivity index (χ0n) is 21.2. The highest BCUT2D eigenvalue weighted by Crippen LogP contribution is 2.28. The number of nitrogens with one attached hydrogen (secondary N) is 1. The van der Waals surface area contributed by atoms with Crippen LogP contribution in [0, 0.1) is 17.7 Å². The van der Waals surface area contributed by atoms with Gasteiger partial charge in [-0.1, -0.05) is 6.92 Å². The number of carbonyl (C=O) groups is 3. The number of amidine groups is 1. The molecule has 10 nitrogen and oxygen atoms in total. The Morgan fingerprint density at radius 2 is 2.21 bits per heavy atom. The zero-order chi connectivity index (χ0) is 27.2. The second kappa shape index (κ2) is 12.3. The van der Waals surface area contributed by atoms with Crippen LogP contribution in [0.1, 0.15) is 35.6 Å². The Bertz CT molecular complexity index is 1250. The van der Waals surface area contributed by atoms with Gasteiger partial charge in [-0.3, -0.25) is 14.7 Å². The van der Waals surface area contributed by atoms with Crippen molar-refractivity contribution < 1.29 is 28.6 Å². The summed E-state index contributed by atoms with van der Waals surface area (Å²) in [7, 11) is 0. The molecule has 12 heteroatoms. The van der Waals surface area contributed by atoms with Crippen LogP contribution in [0.4, 0.5) is 10.1 Å². The van der Waals surface area contributed by atoms with Gasteiger partial charge >= 0.3 is 11.9 Å². The first-order valence-corrected chi connectivity index (χ1v) is 13.3. The Labute approximate surface area is 223 Å². The number of nitrogens with zero attached hydrogens (tertiary/aromatic N) is 4. The van der Waals surface area contributed by atoms with E-state index in [0.29, 0.717) is 49.1 Å². The Morgan fingerprint density at radius 1 is 1.39 bits per heavy atom. The van der Waals surface area contributed by atoms with E-state index in [-0.39, 0.29) is 19.1 Å². The molecule has 38 heavy (non-hydrogen) atoms. The van der Waals surface area contributed by atoms with Crippen LogP contribution < -0.4 is 10.2 Å². The summed E-state index contributed by atoms with van der Waals surface area (Å²) >= 11 is 1.45. The molecule has 202 valence electrons. The summed E-state index contributed by atoms with van der Waals surface area (Å²) in [5.41, 5.74) is 1.06. The number of anilines is 1. The molecule has 1 aromatic heterocycles. The fourth-order valence-corrected chi connectivity index (χ4v) is 5.26. The molecule has 4 rings (SSSR count). The number of piperidine rings is 1. The van der Waals surface area contributed by atoms with Crippen LogP contribution in [0.3, 0.4) is 0 Å². The Hall–Kier alpha value is -3.64. The molecule has 1 saturated heterocycles. The first-order valence-electron chi connectivity index (χ1n) is 12.4. The number of carbonyl (C=O) groups excluding carboxylic acids is 2. The molecule has 3 heterocycles. The first-order chi connectivity index (χ1) is 18.3. The van der Waals surface area contributed by atoms with Gasteiger partial charge < -0.3 is 20.1 Å². The van der Waals surface area contributed by atoms with Crippen LogP contribution in [0.15, 0.2) is 46.0 Å². The maximum Gasteiger partial charge on any atom is 0.338 e. The quantitative estimate of drug-likeness (QED) is 0.346. The van der Waals surface area contributed by atoms with Crippen LogP contribution in [-0.2, 0) is 14.3 Å². The standard InChI is InChI=1S/C26H30FN5O5S/c1-3-37-26(36)20-11-29-23(24-28-7-9-38-24)30-22(20)14-31-8-6-16(2)17(12-31)13-32(15-33)18-4-5-19(25(34)35)21(27)10-18/h4-5,7,9-10,15-17H,3,6,8,11-14H2,1-2H3,(H,29,30)(H,34,35). The van der Waals surface area contributed by atoms with E-state index in [9.17, 15) is 18.8 Å². The lowest BCUT2D eigenvalue weighted by Crippen LogP contribution is -2.47. The van der Waals surface area contributed by atoms with E-state index in [1.807, 2.05) is 5.38 Å². The van der Waals surface area contributed by atoms with Crippen molar-refractivity contribution in [2.24, 2.45) is 16.8 Å². The van der Waals surface area contributed by atoms with Crippen molar-refractivity contribution in [1.82, 2.24) is 15.2 Å². The molecule has 0 radical (unpaired) electrons. The van der Waals surface area contributed by atoms with Crippen molar-refractivity contribution in [3.05, 3.63) is 57.4 Å². The lowest BCUT2D eigenvalue weighted by atomic mass is 9.86. The zero-order valence-corrected chi connectivity index (χ0v) is 22.0. The summed E-state index contributed by atoms with van der Waals surface area (Å²) in [6, 6.07) is 3.68. The molecule has 0 aliphatic carbocycles. The lowest BCUT2D eigenvalue weighted by molar-refractivity contribution is -0.138. The number of rotatable bonds is 10. The number of benzene rings is 1. The summed E-state index contributed by atoms with van der Waals surface area (Å²) in [6.07, 6.45) is 3.21. The van der Waals surface area contributed by atoms with E-state index in [0.717, 1.165) is 29.7 Å². The molecule has 1 amide bonds. The van der Waals surface area contributed by atoms with Gasteiger partial charge in [0.15, 0.2) is 10.8 Å². The molecule has 0 bridgehead atoms. The third-order valence-electron chi connectivity index (χ3n) is 6.84. The Balaban J connectivity index is 1.49. The molecule has 2 aliphatic heterocycles. The average Bonchev–Trinajstić information content (AvgIpc) is 3.44. The number of aromatic nitrogens is 1. The molecule has 1 aromatic carbocycles. The minimum absolute atomic E-state index is 0.0681. The van der Waals surface area contributed by atoms with E-state index in [1.165, 1.54) is 28.4 Å². The number of hydrogen-bond donors (Lipinski definition) is 2. The van der Waals surface area contributed by atoms with E-state index < -0.39 is 23.3 Å². The first kappa shape index (κ1) is 27.4. The molecular formula is C26H30FN5O5S. The van der Waals surface area contributed by atoms with Crippen LogP contribution >= 0.6 is 11.3 Å². The Morgan fingerprint density at radius 3 is 2.87 bits per heavy atom. The number of ether oxygens (including phenoxy) is 1. The monoisotopic (exact) mass is 543 g/mol. The van der Waals surface area contributed by atoms with Crippen molar-refractivity contribution in [2.45, 2.75) is 20.3 Å².